The van der Waals surface area contributed by atoms with Crippen molar-refractivity contribution in [1.29, 1.82) is 0 Å². The quantitative estimate of drug-likeness (QED) is 0.351. The summed E-state index contributed by atoms with van der Waals surface area (Å²) in [6.07, 6.45) is 2.97. The third-order valence-electron chi connectivity index (χ3n) is 6.72. The highest BCUT2D eigenvalue weighted by Crippen LogP contribution is 2.38. The van der Waals surface area contributed by atoms with Crippen molar-refractivity contribution in [2.45, 2.75) is 23.8 Å². The molecule has 2 amide bonds. The molecular formula is C24H24FN5O7S. The van der Waals surface area contributed by atoms with Crippen molar-refractivity contribution in [1.82, 2.24) is 9.47 Å². The van der Waals surface area contributed by atoms with E-state index in [9.17, 15) is 33.0 Å². The number of aromatic nitrogens is 1. The third-order valence-corrected chi connectivity index (χ3v) is 7.63. The van der Waals surface area contributed by atoms with Gasteiger partial charge in [0, 0.05) is 43.8 Å². The van der Waals surface area contributed by atoms with E-state index in [4.69, 9.17) is 5.14 Å². The molecule has 200 valence electrons. The molecule has 2 fully saturated rings. The number of nitrogens with zero attached hydrogens (tertiary/aromatic N) is 3. The largest absolute Gasteiger partial charge is 0.506 e. The van der Waals surface area contributed by atoms with Crippen molar-refractivity contribution in [3.63, 3.8) is 0 Å². The van der Waals surface area contributed by atoms with Gasteiger partial charge >= 0.3 is 12.0 Å². The number of piperazine rings is 1. The number of nitrogens with one attached hydrogen (secondary N) is 1. The highest BCUT2D eigenvalue weighted by molar-refractivity contribution is 7.89. The summed E-state index contributed by atoms with van der Waals surface area (Å²) in [6, 6.07) is 5.34. The van der Waals surface area contributed by atoms with Crippen molar-refractivity contribution in [2.24, 2.45) is 5.14 Å². The van der Waals surface area contributed by atoms with Gasteiger partial charge in [-0.15, -0.1) is 0 Å². The molecule has 12 nitrogen and oxygen atoms in total. The maximum atomic E-state index is 15.2. The maximum absolute atomic E-state index is 15.2. The number of carbonyl (C=O) groups excluding carboxylic acids is 1. The first-order chi connectivity index (χ1) is 17.9. The molecule has 1 saturated heterocycles. The van der Waals surface area contributed by atoms with Crippen molar-refractivity contribution in [3.8, 4) is 5.75 Å². The van der Waals surface area contributed by atoms with Gasteiger partial charge < -0.3 is 29.9 Å². The summed E-state index contributed by atoms with van der Waals surface area (Å²) in [7, 11) is -4.04. The number of rotatable bonds is 5. The number of phenolic OH excluding ortho intramolecular Hbond substituents is 1. The molecule has 38 heavy (non-hydrogen) atoms. The molecule has 0 bridgehead atoms. The summed E-state index contributed by atoms with van der Waals surface area (Å²) in [6.45, 7) is 0.874. The first-order valence-electron chi connectivity index (χ1n) is 11.7. The molecule has 5 rings (SSSR count). The van der Waals surface area contributed by atoms with Crippen LogP contribution in [0.3, 0.4) is 0 Å². The van der Waals surface area contributed by atoms with Gasteiger partial charge in [-0.25, -0.2) is 27.5 Å². The fourth-order valence-corrected chi connectivity index (χ4v) is 5.08. The van der Waals surface area contributed by atoms with Gasteiger partial charge in [0.25, 0.3) is 0 Å². The number of primary sulfonamides is 1. The second-order valence-corrected chi connectivity index (χ2v) is 10.8. The Morgan fingerprint density at radius 2 is 1.76 bits per heavy atom. The number of hydrogen-bond acceptors (Lipinski definition) is 7. The van der Waals surface area contributed by atoms with Crippen LogP contribution in [0.15, 0.2) is 46.2 Å². The highest BCUT2D eigenvalue weighted by Gasteiger charge is 2.29. The van der Waals surface area contributed by atoms with E-state index in [2.05, 4.69) is 5.32 Å². The number of aromatic hydroxyl groups is 1. The Kier molecular flexibility index (Phi) is 6.23. The minimum Gasteiger partial charge on any atom is -0.506 e. The predicted molar refractivity (Wildman–Crippen MR) is 136 cm³/mol. The van der Waals surface area contributed by atoms with Crippen LogP contribution in [-0.2, 0) is 10.0 Å². The Labute approximate surface area is 215 Å². The van der Waals surface area contributed by atoms with Gasteiger partial charge in [-0.1, -0.05) is 0 Å². The topological polar surface area (TPSA) is 175 Å². The number of pyridine rings is 1. The van der Waals surface area contributed by atoms with Crippen LogP contribution in [-0.4, -0.2) is 66.3 Å². The molecular weight excluding hydrogens is 521 g/mol. The lowest BCUT2D eigenvalue weighted by molar-refractivity contribution is 0.0694. The Balaban J connectivity index is 1.36. The number of amides is 2. The van der Waals surface area contributed by atoms with Crippen LogP contribution in [0.5, 0.6) is 5.75 Å². The second-order valence-electron chi connectivity index (χ2n) is 9.26. The zero-order valence-corrected chi connectivity index (χ0v) is 20.7. The number of benzene rings is 2. The minimum atomic E-state index is -4.04. The van der Waals surface area contributed by atoms with Crippen LogP contribution in [0.25, 0.3) is 10.9 Å². The van der Waals surface area contributed by atoms with E-state index in [-0.39, 0.29) is 59.6 Å². The minimum absolute atomic E-state index is 0.00223. The van der Waals surface area contributed by atoms with Gasteiger partial charge in [0.1, 0.15) is 17.1 Å². The average Bonchev–Trinajstić information content (AvgIpc) is 3.70. The molecule has 3 aromatic rings. The zero-order valence-electron chi connectivity index (χ0n) is 19.9. The van der Waals surface area contributed by atoms with Crippen molar-refractivity contribution >= 4 is 44.3 Å². The summed E-state index contributed by atoms with van der Waals surface area (Å²) in [5, 5.41) is 27.0. The summed E-state index contributed by atoms with van der Waals surface area (Å²) in [5.41, 5.74) is -0.594. The van der Waals surface area contributed by atoms with Crippen LogP contribution >= 0.6 is 0 Å². The van der Waals surface area contributed by atoms with Gasteiger partial charge in [0.15, 0.2) is 0 Å². The highest BCUT2D eigenvalue weighted by atomic mass is 32.2. The summed E-state index contributed by atoms with van der Waals surface area (Å²) in [4.78, 5) is 39.9. The Morgan fingerprint density at radius 1 is 1.08 bits per heavy atom. The Bertz CT molecular complexity index is 1640. The maximum Gasteiger partial charge on any atom is 0.341 e. The SMILES string of the molecule is NS(=O)(=O)c1ccc(O)c(NC(=O)N2CCN(c3cc4c(cc3F)c(=O)c(C(=O)O)cn4C3CC3)CC2)c1. The molecule has 2 aliphatic rings. The number of aromatic carboxylic acids is 1. The molecule has 0 spiro atoms. The van der Waals surface area contributed by atoms with E-state index in [1.165, 1.54) is 11.1 Å². The molecule has 0 radical (unpaired) electrons. The van der Waals surface area contributed by atoms with Crippen molar-refractivity contribution < 1.29 is 32.6 Å². The zero-order chi connectivity index (χ0) is 27.4. The molecule has 0 unspecified atom stereocenters. The van der Waals surface area contributed by atoms with Crippen LogP contribution in [0.4, 0.5) is 20.6 Å². The molecule has 1 aliphatic heterocycles. The number of anilines is 2. The van der Waals surface area contributed by atoms with Crippen LogP contribution < -0.4 is 20.8 Å². The predicted octanol–water partition coefficient (Wildman–Crippen LogP) is 1.88. The summed E-state index contributed by atoms with van der Waals surface area (Å²) < 4.78 is 40.1. The van der Waals surface area contributed by atoms with Crippen LogP contribution in [0.1, 0.15) is 29.2 Å². The lowest BCUT2D eigenvalue weighted by Gasteiger charge is -2.36. The number of phenols is 1. The number of nitrogens with two attached hydrogens (primary N) is 1. The Morgan fingerprint density at radius 3 is 2.37 bits per heavy atom. The van der Waals surface area contributed by atoms with E-state index in [0.29, 0.717) is 5.52 Å². The van der Waals surface area contributed by atoms with Gasteiger partial charge in [-0.05, 0) is 43.2 Å². The fraction of sp³-hybridized carbons (Fsp3) is 0.292. The fourth-order valence-electron chi connectivity index (χ4n) is 4.55. The molecule has 1 aliphatic carbocycles. The number of halogens is 1. The molecule has 2 heterocycles. The van der Waals surface area contributed by atoms with Gasteiger partial charge in [-0.3, -0.25) is 4.79 Å². The van der Waals surface area contributed by atoms with Crippen LogP contribution in [0.2, 0.25) is 0 Å². The summed E-state index contributed by atoms with van der Waals surface area (Å²) >= 11 is 0. The van der Waals surface area contributed by atoms with E-state index in [1.54, 1.807) is 15.5 Å². The van der Waals surface area contributed by atoms with Crippen molar-refractivity contribution in [3.05, 3.63) is 58.1 Å². The number of carboxylic acid groups (broad SMARTS) is 1. The van der Waals surface area contributed by atoms with Gasteiger partial charge in [-0.2, -0.15) is 0 Å². The second kappa shape index (κ2) is 9.29. The monoisotopic (exact) mass is 545 g/mol. The van der Waals surface area contributed by atoms with Crippen molar-refractivity contribution in [2.75, 3.05) is 36.4 Å². The molecule has 5 N–H and O–H groups in total. The molecule has 1 aromatic heterocycles. The smallest absolute Gasteiger partial charge is 0.341 e. The lowest BCUT2D eigenvalue weighted by atomic mass is 10.1. The van der Waals surface area contributed by atoms with E-state index < -0.39 is 38.8 Å². The standard InChI is InChI=1S/C24H24FN5O7S/c25-17-10-15-19(30(13-1-2-13)12-16(22(15)32)23(33)34)11-20(17)28-5-7-29(8-6-28)24(35)27-18-9-14(38(26,36)37)3-4-21(18)31/h3-4,9-13,31H,1-2,5-8H2,(H,27,35)(H,33,34)(H2,26,36,37). The number of urea groups is 1. The number of fused-ring (bicyclic) bond motifs is 1. The van der Waals surface area contributed by atoms with E-state index >= 15 is 4.39 Å². The normalized spacial score (nSPS) is 16.1. The number of hydrogen-bond donors (Lipinski definition) is 4. The number of carboxylic acids is 1. The number of carbonyl (C=O) groups is 2. The van der Waals surface area contributed by atoms with E-state index in [0.717, 1.165) is 37.1 Å². The number of sulfonamides is 1. The molecule has 14 heteroatoms. The first kappa shape index (κ1) is 25.5. The molecule has 0 atom stereocenters. The van der Waals surface area contributed by atoms with Gasteiger partial charge in [0.05, 0.1) is 21.8 Å². The first-order valence-corrected chi connectivity index (χ1v) is 13.3. The molecule has 1 saturated carbocycles. The van der Waals surface area contributed by atoms with Gasteiger partial charge in [0.2, 0.25) is 15.5 Å². The van der Waals surface area contributed by atoms with E-state index in [1.807, 2.05) is 0 Å². The summed E-state index contributed by atoms with van der Waals surface area (Å²) in [5.74, 6) is -2.38. The molecule has 2 aromatic carbocycles. The van der Waals surface area contributed by atoms with Crippen LogP contribution in [0, 0.1) is 5.82 Å². The average molecular weight is 546 g/mol. The third kappa shape index (κ3) is 4.75. The lowest BCUT2D eigenvalue weighted by Crippen LogP contribution is -2.50. The Hall–Kier alpha value is -4.17.